The fraction of sp³-hybridized carbons (Fsp3) is 0.455. The van der Waals surface area contributed by atoms with Crippen molar-refractivity contribution in [2.24, 2.45) is 0 Å². The maximum absolute atomic E-state index is 12.9. The first-order valence-electron chi connectivity index (χ1n) is 10.6. The van der Waals surface area contributed by atoms with Crippen LogP contribution in [0.3, 0.4) is 0 Å². The second-order valence-electron chi connectivity index (χ2n) is 7.61. The second kappa shape index (κ2) is 6.98. The Balaban J connectivity index is 1.89. The smallest absolute Gasteiger partial charge is 0.371 e. The Morgan fingerprint density at radius 2 is 1.35 bits per heavy atom. The van der Waals surface area contributed by atoms with Crippen LogP contribution < -0.4 is 4.90 Å². The highest BCUT2D eigenvalue weighted by Gasteiger charge is 2.30. The summed E-state index contributed by atoms with van der Waals surface area (Å²) in [5.74, 6) is -1.17. The van der Waals surface area contributed by atoms with Gasteiger partial charge in [0.2, 0.25) is 0 Å². The summed E-state index contributed by atoms with van der Waals surface area (Å²) in [5.41, 5.74) is 1.22. The molecule has 0 bridgehead atoms. The quantitative estimate of drug-likeness (QED) is 0.596. The molecule has 0 aliphatic carbocycles. The lowest BCUT2D eigenvalue weighted by Crippen LogP contribution is -2.32. The lowest BCUT2D eigenvalue weighted by Gasteiger charge is -2.34. The number of rotatable bonds is 2. The van der Waals surface area contributed by atoms with Crippen LogP contribution in [0.15, 0.2) is 48.5 Å². The Morgan fingerprint density at radius 1 is 0.846 bits per heavy atom. The summed E-state index contributed by atoms with van der Waals surface area (Å²) in [4.78, 5) is 1.67. The molecule has 4 heteroatoms. The number of nitrogens with zero attached hydrogens (tertiary/aromatic N) is 1. The van der Waals surface area contributed by atoms with Crippen LogP contribution in [0.1, 0.15) is 61.6 Å². The molecular weight excluding hydrogens is 335 g/mol. The molecule has 1 saturated heterocycles. The zero-order chi connectivity index (χ0) is 22.5. The van der Waals surface area contributed by atoms with Crippen molar-refractivity contribution in [2.75, 3.05) is 18.0 Å². The molecule has 3 rings (SSSR count). The number of halogens is 3. The monoisotopic (exact) mass is 365 g/mol. The third-order valence-corrected chi connectivity index (χ3v) is 4.64. The summed E-state index contributed by atoms with van der Waals surface area (Å²) in [6.07, 6.45) is -8.42. The van der Waals surface area contributed by atoms with Crippen molar-refractivity contribution in [3.05, 3.63) is 65.2 Å². The Bertz CT molecular complexity index is 867. The number of benzene rings is 2. The third-order valence-electron chi connectivity index (χ3n) is 4.64. The van der Waals surface area contributed by atoms with Crippen molar-refractivity contribution in [2.45, 2.75) is 51.0 Å². The minimum Gasteiger partial charge on any atom is -0.371 e. The molecule has 0 unspecified atom stereocenters. The van der Waals surface area contributed by atoms with Gasteiger partial charge in [0.1, 0.15) is 0 Å². The summed E-state index contributed by atoms with van der Waals surface area (Å²) in [6, 6.07) is 11.8. The molecule has 0 saturated carbocycles. The van der Waals surface area contributed by atoms with Gasteiger partial charge >= 0.3 is 6.18 Å². The minimum absolute atomic E-state index is 0.0304. The standard InChI is InChI=1S/C22H26F3N/c1-21(2,3)18-8-10-20(11-9-18)26-14-12-17(13-15-26)16-4-6-19(7-5-16)22(23,24)25/h4-11,17H,12-15H2,1-3H3/i12D2,13D2. The molecule has 0 atom stereocenters. The first-order valence-corrected chi connectivity index (χ1v) is 8.64. The molecule has 1 aliphatic rings. The van der Waals surface area contributed by atoms with E-state index in [0.717, 1.165) is 23.4 Å². The summed E-state index contributed by atoms with van der Waals surface area (Å²) in [5, 5.41) is 0. The molecule has 0 N–H and O–H groups in total. The zero-order valence-corrected chi connectivity index (χ0v) is 15.2. The van der Waals surface area contributed by atoms with E-state index in [1.54, 1.807) is 4.90 Å². The van der Waals surface area contributed by atoms with Gasteiger partial charge in [0.15, 0.2) is 0 Å². The maximum Gasteiger partial charge on any atom is 0.416 e. The van der Waals surface area contributed by atoms with E-state index in [9.17, 15) is 13.2 Å². The molecule has 1 heterocycles. The summed E-state index contributed by atoms with van der Waals surface area (Å²) < 4.78 is 72.7. The van der Waals surface area contributed by atoms with E-state index < -0.39 is 30.4 Å². The molecule has 0 amide bonds. The van der Waals surface area contributed by atoms with Gasteiger partial charge in [0, 0.05) is 24.3 Å². The highest BCUT2D eigenvalue weighted by Crippen LogP contribution is 2.34. The van der Waals surface area contributed by atoms with Gasteiger partial charge in [-0.3, -0.25) is 0 Å². The molecule has 140 valence electrons. The predicted octanol–water partition coefficient (Wildman–Crippen LogP) is 6.39. The fourth-order valence-corrected chi connectivity index (χ4v) is 2.99. The van der Waals surface area contributed by atoms with Gasteiger partial charge in [-0.1, -0.05) is 45.0 Å². The average molecular weight is 365 g/mol. The van der Waals surface area contributed by atoms with Gasteiger partial charge in [-0.05, 0) is 59.5 Å². The van der Waals surface area contributed by atoms with E-state index in [1.807, 2.05) is 24.3 Å². The van der Waals surface area contributed by atoms with Crippen LogP contribution in [0.4, 0.5) is 18.9 Å². The summed E-state index contributed by atoms with van der Waals surface area (Å²) in [6.45, 7) is 6.18. The fourth-order valence-electron chi connectivity index (χ4n) is 2.99. The molecule has 0 radical (unpaired) electrons. The van der Waals surface area contributed by atoms with Crippen LogP contribution in [-0.2, 0) is 11.6 Å². The van der Waals surface area contributed by atoms with Crippen LogP contribution in [0.2, 0.25) is 0 Å². The van der Waals surface area contributed by atoms with Gasteiger partial charge in [0.25, 0.3) is 0 Å². The van der Waals surface area contributed by atoms with Crippen molar-refractivity contribution in [1.29, 1.82) is 0 Å². The summed E-state index contributed by atoms with van der Waals surface area (Å²) >= 11 is 0. The largest absolute Gasteiger partial charge is 0.416 e. The Morgan fingerprint density at radius 3 is 1.81 bits per heavy atom. The molecule has 0 aromatic heterocycles. The van der Waals surface area contributed by atoms with Gasteiger partial charge in [-0.2, -0.15) is 13.2 Å². The number of alkyl halides is 3. The topological polar surface area (TPSA) is 3.24 Å². The highest BCUT2D eigenvalue weighted by atomic mass is 19.4. The Labute approximate surface area is 159 Å². The lowest BCUT2D eigenvalue weighted by molar-refractivity contribution is -0.137. The van der Waals surface area contributed by atoms with Crippen molar-refractivity contribution in [3.8, 4) is 0 Å². The SMILES string of the molecule is [2H]C1([2H])CN(c2ccc(C(C)(C)C)cc2)CC([2H])([2H])C1c1ccc(C(F)(F)F)cc1. The highest BCUT2D eigenvalue weighted by molar-refractivity contribution is 5.49. The molecule has 0 spiro atoms. The number of hydrogen-bond donors (Lipinski definition) is 0. The second-order valence-corrected chi connectivity index (χ2v) is 7.61. The first kappa shape index (κ1) is 14.1. The zero-order valence-electron chi connectivity index (χ0n) is 19.2. The van der Waals surface area contributed by atoms with Gasteiger partial charge in [-0.25, -0.2) is 0 Å². The van der Waals surface area contributed by atoms with Gasteiger partial charge < -0.3 is 4.90 Å². The first-order chi connectivity index (χ1) is 13.6. The predicted molar refractivity (Wildman–Crippen MR) is 101 cm³/mol. The van der Waals surface area contributed by atoms with Crippen LogP contribution in [-0.4, -0.2) is 13.1 Å². The average Bonchev–Trinajstić information content (AvgIpc) is 2.58. The molecule has 26 heavy (non-hydrogen) atoms. The van der Waals surface area contributed by atoms with Crippen molar-refractivity contribution in [3.63, 3.8) is 0 Å². The minimum atomic E-state index is -4.49. The molecule has 1 nitrogen and oxygen atoms in total. The van der Waals surface area contributed by atoms with Crippen LogP contribution in [0, 0.1) is 0 Å². The molecule has 1 fully saturated rings. The molecule has 2 aromatic rings. The molecule has 1 aliphatic heterocycles. The Kier molecular flexibility index (Phi) is 3.79. The molecule has 2 aromatic carbocycles. The van der Waals surface area contributed by atoms with Gasteiger partial charge in [0.05, 0.1) is 5.56 Å². The van der Waals surface area contributed by atoms with E-state index in [2.05, 4.69) is 20.8 Å². The van der Waals surface area contributed by atoms with Crippen molar-refractivity contribution < 1.29 is 18.7 Å². The van der Waals surface area contributed by atoms with E-state index in [-0.39, 0.29) is 24.1 Å². The van der Waals surface area contributed by atoms with Crippen LogP contribution in [0.5, 0.6) is 0 Å². The lowest BCUT2D eigenvalue weighted by atomic mass is 9.86. The Hall–Kier alpha value is -1.97. The van der Waals surface area contributed by atoms with Gasteiger partial charge in [-0.15, -0.1) is 0 Å². The molecular formula is C22H26F3N. The van der Waals surface area contributed by atoms with Crippen molar-refractivity contribution >= 4 is 5.69 Å². The number of piperidine rings is 1. The number of hydrogen-bond acceptors (Lipinski definition) is 1. The van der Waals surface area contributed by atoms with Crippen LogP contribution >= 0.6 is 0 Å². The van der Waals surface area contributed by atoms with E-state index in [4.69, 9.17) is 5.48 Å². The maximum atomic E-state index is 12.9. The normalized spacial score (nSPS) is 22.9. The van der Waals surface area contributed by atoms with Crippen molar-refractivity contribution in [1.82, 2.24) is 0 Å². The van der Waals surface area contributed by atoms with E-state index in [0.29, 0.717) is 0 Å². The van der Waals surface area contributed by atoms with E-state index >= 15 is 0 Å². The van der Waals surface area contributed by atoms with E-state index in [1.165, 1.54) is 12.1 Å². The third kappa shape index (κ3) is 4.22. The summed E-state index contributed by atoms with van der Waals surface area (Å²) in [7, 11) is 0. The van der Waals surface area contributed by atoms with Crippen LogP contribution in [0.25, 0.3) is 0 Å². The number of anilines is 1.